The molecule has 172 valence electrons. The lowest BCUT2D eigenvalue weighted by molar-refractivity contribution is -0.149. The Hall–Kier alpha value is -2.43. The maximum Gasteiger partial charge on any atom is 0.310 e. The van der Waals surface area contributed by atoms with E-state index in [1.807, 2.05) is 0 Å². The minimum Gasteiger partial charge on any atom is -0.497 e. The van der Waals surface area contributed by atoms with E-state index in [0.717, 1.165) is 0 Å². The molecule has 1 aromatic rings. The van der Waals surface area contributed by atoms with Crippen LogP contribution < -0.4 is 9.64 Å². The van der Waals surface area contributed by atoms with Crippen molar-refractivity contribution in [3.8, 4) is 5.75 Å². The zero-order chi connectivity index (χ0) is 23.2. The van der Waals surface area contributed by atoms with Crippen LogP contribution in [-0.4, -0.2) is 82.3 Å². The number of methoxy groups -OCH3 is 1. The van der Waals surface area contributed by atoms with Crippen molar-refractivity contribution in [2.45, 2.75) is 29.0 Å². The van der Waals surface area contributed by atoms with Crippen LogP contribution in [0.15, 0.2) is 36.9 Å². The first kappa shape index (κ1) is 22.8. The molecule has 0 saturated carbocycles. The Bertz CT molecular complexity index is 939. The molecule has 2 N–H and O–H groups in total. The number of ether oxygens (including phenoxy) is 2. The zero-order valence-electron chi connectivity index (χ0n) is 17.5. The van der Waals surface area contributed by atoms with Gasteiger partial charge in [-0.3, -0.25) is 14.4 Å². The summed E-state index contributed by atoms with van der Waals surface area (Å²) in [6.07, 6.45) is 1.19. The number of anilines is 1. The van der Waals surface area contributed by atoms with Crippen molar-refractivity contribution in [2.75, 3.05) is 31.7 Å². The van der Waals surface area contributed by atoms with Crippen LogP contribution in [-0.2, 0) is 19.1 Å². The van der Waals surface area contributed by atoms with E-state index in [4.69, 9.17) is 9.47 Å². The van der Waals surface area contributed by atoms with Gasteiger partial charge in [0, 0.05) is 23.6 Å². The molecule has 3 aliphatic rings. The summed E-state index contributed by atoms with van der Waals surface area (Å²) in [7, 11) is 1.54. The summed E-state index contributed by atoms with van der Waals surface area (Å²) in [4.78, 5) is 41.8. The van der Waals surface area contributed by atoms with Gasteiger partial charge in [-0.1, -0.05) is 22.0 Å². The van der Waals surface area contributed by atoms with E-state index in [-0.39, 0.29) is 24.5 Å². The van der Waals surface area contributed by atoms with Gasteiger partial charge < -0.3 is 29.5 Å². The minimum atomic E-state index is -1.28. The predicted octanol–water partition coefficient (Wildman–Crippen LogP) is 1.04. The molecule has 4 rings (SSSR count). The van der Waals surface area contributed by atoms with E-state index < -0.39 is 47.4 Å². The third-order valence-electron chi connectivity index (χ3n) is 6.61. The highest BCUT2D eigenvalue weighted by Crippen LogP contribution is 2.60. The van der Waals surface area contributed by atoms with Gasteiger partial charge in [-0.05, 0) is 30.7 Å². The van der Waals surface area contributed by atoms with E-state index in [9.17, 15) is 24.6 Å². The van der Waals surface area contributed by atoms with Crippen molar-refractivity contribution in [1.82, 2.24) is 4.90 Å². The molecule has 3 fully saturated rings. The quantitative estimate of drug-likeness (QED) is 0.398. The molecule has 3 saturated heterocycles. The van der Waals surface area contributed by atoms with E-state index in [1.165, 1.54) is 9.80 Å². The van der Waals surface area contributed by atoms with Gasteiger partial charge in [0.25, 0.3) is 5.91 Å². The molecule has 3 unspecified atom stereocenters. The Labute approximate surface area is 193 Å². The summed E-state index contributed by atoms with van der Waals surface area (Å²) in [5.74, 6) is -3.44. The monoisotopic (exact) mass is 508 g/mol. The largest absolute Gasteiger partial charge is 0.497 e. The second-order valence-corrected chi connectivity index (χ2v) is 9.37. The lowest BCUT2D eigenvalue weighted by Gasteiger charge is -2.36. The normalized spacial score (nSPS) is 32.7. The molecule has 3 aliphatic heterocycles. The van der Waals surface area contributed by atoms with Crippen molar-refractivity contribution >= 4 is 39.4 Å². The molecule has 32 heavy (non-hydrogen) atoms. The van der Waals surface area contributed by atoms with Gasteiger partial charge in [0.15, 0.2) is 0 Å². The van der Waals surface area contributed by atoms with Crippen LogP contribution in [0, 0.1) is 11.8 Å². The number of β-amino-alcohol motifs (C(OH)–C–C–N with tert-alkyl or cyclic N) is 1. The zero-order valence-corrected chi connectivity index (χ0v) is 19.1. The number of nitrogens with zero attached hydrogens (tertiary/aromatic N) is 2. The topological polar surface area (TPSA) is 117 Å². The van der Waals surface area contributed by atoms with Gasteiger partial charge in [0.2, 0.25) is 5.91 Å². The third kappa shape index (κ3) is 3.23. The van der Waals surface area contributed by atoms with Crippen LogP contribution in [0.1, 0.15) is 6.42 Å². The number of fused-ring (bicyclic) bond motifs is 1. The van der Waals surface area contributed by atoms with Crippen molar-refractivity contribution in [1.29, 1.82) is 0 Å². The van der Waals surface area contributed by atoms with Crippen LogP contribution in [0.25, 0.3) is 0 Å². The summed E-state index contributed by atoms with van der Waals surface area (Å²) in [5, 5.41) is 19.4. The standard InChI is InChI=1S/C22H25BrN2O7/c1-3-8-24(12-4-6-13(31-2)7-5-12)20(28)18-22-11-14(23)17(32-22)15(21(29)30)16(22)19(27)25(18)9-10-26/h3-7,14-18,26H,1,8-11H2,2H3,(H,29,30)/t14?,15-,16+,17-,18?,22?/m1/s1. The molecule has 3 heterocycles. The van der Waals surface area contributed by atoms with Gasteiger partial charge in [-0.15, -0.1) is 6.58 Å². The highest BCUT2D eigenvalue weighted by molar-refractivity contribution is 9.09. The maximum absolute atomic E-state index is 14.0. The molecular formula is C22H25BrN2O7. The van der Waals surface area contributed by atoms with Gasteiger partial charge in [0.05, 0.1) is 31.7 Å². The van der Waals surface area contributed by atoms with E-state index in [0.29, 0.717) is 17.9 Å². The Morgan fingerprint density at radius 2 is 2.09 bits per heavy atom. The number of amides is 2. The average Bonchev–Trinajstić information content (AvgIpc) is 3.36. The first-order valence-corrected chi connectivity index (χ1v) is 11.2. The van der Waals surface area contributed by atoms with Gasteiger partial charge in [0.1, 0.15) is 17.4 Å². The maximum atomic E-state index is 14.0. The van der Waals surface area contributed by atoms with Crippen LogP contribution in [0.5, 0.6) is 5.75 Å². The number of aliphatic hydroxyl groups is 1. The smallest absolute Gasteiger partial charge is 0.310 e. The van der Waals surface area contributed by atoms with Gasteiger partial charge >= 0.3 is 5.97 Å². The van der Waals surface area contributed by atoms with Crippen molar-refractivity contribution < 1.29 is 34.1 Å². The van der Waals surface area contributed by atoms with Crippen LogP contribution >= 0.6 is 15.9 Å². The molecule has 1 aromatic carbocycles. The van der Waals surface area contributed by atoms with Crippen molar-refractivity contribution in [3.05, 3.63) is 36.9 Å². The van der Waals surface area contributed by atoms with Crippen LogP contribution in [0.2, 0.25) is 0 Å². The van der Waals surface area contributed by atoms with Crippen LogP contribution in [0.4, 0.5) is 5.69 Å². The summed E-state index contributed by atoms with van der Waals surface area (Å²) in [6.45, 7) is 3.46. The number of carbonyl (C=O) groups excluding carboxylic acids is 2. The van der Waals surface area contributed by atoms with E-state index in [1.54, 1.807) is 37.5 Å². The lowest BCUT2D eigenvalue weighted by atomic mass is 9.70. The second-order valence-electron chi connectivity index (χ2n) is 8.19. The number of hydrogen-bond acceptors (Lipinski definition) is 6. The highest BCUT2D eigenvalue weighted by Gasteiger charge is 2.76. The number of aliphatic carboxylic acids is 1. The van der Waals surface area contributed by atoms with Crippen LogP contribution in [0.3, 0.4) is 0 Å². The SMILES string of the molecule is C=CCN(C(=O)C1N(CCO)C(=O)[C@@H]2[C@@H](C(=O)O)[C@@H]3OC12CC3Br)c1ccc(OC)cc1. The fourth-order valence-electron chi connectivity index (χ4n) is 5.40. The Morgan fingerprint density at radius 1 is 1.41 bits per heavy atom. The Kier molecular flexibility index (Phi) is 6.04. The Morgan fingerprint density at radius 3 is 2.66 bits per heavy atom. The number of rotatable bonds is 8. The number of aliphatic hydroxyl groups excluding tert-OH is 1. The Balaban J connectivity index is 1.78. The third-order valence-corrected chi connectivity index (χ3v) is 7.46. The summed E-state index contributed by atoms with van der Waals surface area (Å²) >= 11 is 3.50. The molecular weight excluding hydrogens is 484 g/mol. The highest BCUT2D eigenvalue weighted by atomic mass is 79.9. The number of carbonyl (C=O) groups is 3. The minimum absolute atomic E-state index is 0.0919. The first-order chi connectivity index (χ1) is 15.3. The van der Waals surface area contributed by atoms with Gasteiger partial charge in [-0.2, -0.15) is 0 Å². The summed E-state index contributed by atoms with van der Waals surface area (Å²) < 4.78 is 11.4. The molecule has 10 heteroatoms. The predicted molar refractivity (Wildman–Crippen MR) is 118 cm³/mol. The molecule has 6 atom stereocenters. The molecule has 2 amide bonds. The number of halogens is 1. The van der Waals surface area contributed by atoms with Gasteiger partial charge in [-0.25, -0.2) is 0 Å². The fraction of sp³-hybridized carbons (Fsp3) is 0.500. The molecule has 0 aromatic heterocycles. The molecule has 1 spiro atoms. The van der Waals surface area contributed by atoms with Crippen molar-refractivity contribution in [2.24, 2.45) is 11.8 Å². The fourth-order valence-corrected chi connectivity index (χ4v) is 6.34. The van der Waals surface area contributed by atoms with E-state index >= 15 is 0 Å². The van der Waals surface area contributed by atoms with Crippen molar-refractivity contribution in [3.63, 3.8) is 0 Å². The summed E-state index contributed by atoms with van der Waals surface area (Å²) in [6, 6.07) is 5.82. The average molecular weight is 509 g/mol. The molecule has 0 aliphatic carbocycles. The van der Waals surface area contributed by atoms with E-state index in [2.05, 4.69) is 22.5 Å². The summed E-state index contributed by atoms with van der Waals surface area (Å²) in [5.41, 5.74) is -0.707. The number of likely N-dealkylation sites (tertiary alicyclic amines) is 1. The molecule has 0 radical (unpaired) electrons. The number of hydrogen-bond donors (Lipinski definition) is 2. The number of benzene rings is 1. The number of alkyl halides is 1. The second kappa shape index (κ2) is 8.49. The molecule has 2 bridgehead atoms. The molecule has 9 nitrogen and oxygen atoms in total. The lowest BCUT2D eigenvalue weighted by Crippen LogP contribution is -2.57. The number of carboxylic acids is 1. The first-order valence-electron chi connectivity index (χ1n) is 10.3. The number of carboxylic acid groups (broad SMARTS) is 1.